The molecule has 0 aromatic carbocycles. The molecule has 0 fully saturated rings. The maximum Gasteiger partial charge on any atom is 0.189 e. The summed E-state index contributed by atoms with van der Waals surface area (Å²) < 4.78 is 0.240. The van der Waals surface area contributed by atoms with Gasteiger partial charge in [-0.25, -0.2) is 0 Å². The van der Waals surface area contributed by atoms with Crippen LogP contribution >= 0.6 is 0 Å². The summed E-state index contributed by atoms with van der Waals surface area (Å²) in [6, 6.07) is 3.38. The van der Waals surface area contributed by atoms with Crippen LogP contribution in [0.5, 0.6) is 0 Å². The maximum atomic E-state index is 9.04. The van der Waals surface area contributed by atoms with Gasteiger partial charge in [-0.15, -0.1) is 0 Å². The van der Waals surface area contributed by atoms with Gasteiger partial charge in [0.2, 0.25) is 0 Å². The topological polar surface area (TPSA) is 88.0 Å². The molecule has 14 heavy (non-hydrogen) atoms. The predicted molar refractivity (Wildman–Crippen MR) is 45.1 cm³/mol. The number of halogens is 1. The fourth-order valence-electron chi connectivity index (χ4n) is 1.09. The van der Waals surface area contributed by atoms with E-state index in [-0.39, 0.29) is 30.0 Å². The highest BCUT2D eigenvalue weighted by atomic mass is 35.5. The molecule has 2 N–H and O–H groups in total. The minimum Gasteiger partial charge on any atom is -1.00 e. The molecule has 6 heteroatoms. The van der Waals surface area contributed by atoms with E-state index in [4.69, 9.17) is 20.7 Å². The number of nitriles is 2. The molecule has 0 saturated carbocycles. The number of rotatable bonds is 4. The molecule has 2 atom stereocenters. The Labute approximate surface area is 89.8 Å². The molecule has 0 radical (unpaired) electrons. The van der Waals surface area contributed by atoms with Crippen LogP contribution in [0.3, 0.4) is 0 Å². The van der Waals surface area contributed by atoms with Crippen LogP contribution in [-0.4, -0.2) is 54.1 Å². The lowest BCUT2D eigenvalue weighted by atomic mass is 10.2. The Morgan fingerprint density at radius 1 is 1.07 bits per heavy atom. The van der Waals surface area contributed by atoms with E-state index in [1.165, 1.54) is 0 Å². The zero-order chi connectivity index (χ0) is 10.5. The molecule has 0 saturated heterocycles. The fourth-order valence-corrected chi connectivity index (χ4v) is 1.09. The average molecular weight is 220 g/mol. The van der Waals surface area contributed by atoms with Gasteiger partial charge >= 0.3 is 0 Å². The third-order valence-corrected chi connectivity index (χ3v) is 1.63. The number of aliphatic hydroxyl groups excluding tert-OH is 2. The van der Waals surface area contributed by atoms with Crippen molar-refractivity contribution in [3.05, 3.63) is 0 Å². The number of likely N-dealkylation sites (N-methyl/N-ethyl adjacent to an activating group) is 1. The number of quaternary nitrogens is 1. The third kappa shape index (κ3) is 6.64. The molecule has 0 aliphatic heterocycles. The second kappa shape index (κ2) is 6.58. The highest BCUT2D eigenvalue weighted by Crippen LogP contribution is 2.01. The number of hydrogen-bond acceptors (Lipinski definition) is 4. The maximum absolute atomic E-state index is 9.04. The first-order valence-corrected chi connectivity index (χ1v) is 3.88. The zero-order valence-electron chi connectivity index (χ0n) is 8.18. The first-order chi connectivity index (χ1) is 5.91. The molecular weight excluding hydrogens is 206 g/mol. The molecule has 0 aromatic rings. The summed E-state index contributed by atoms with van der Waals surface area (Å²) in [5.74, 6) is 0. The zero-order valence-corrected chi connectivity index (χ0v) is 8.94. The van der Waals surface area contributed by atoms with Gasteiger partial charge in [0, 0.05) is 0 Å². The highest BCUT2D eigenvalue weighted by molar-refractivity contribution is 4.84. The predicted octanol–water partition coefficient (Wildman–Crippen LogP) is -4.16. The summed E-state index contributed by atoms with van der Waals surface area (Å²) in [4.78, 5) is 0. The van der Waals surface area contributed by atoms with Gasteiger partial charge in [0.25, 0.3) is 0 Å². The van der Waals surface area contributed by atoms with Gasteiger partial charge in [-0.2, -0.15) is 10.5 Å². The summed E-state index contributed by atoms with van der Waals surface area (Å²) in [7, 11) is 3.47. The summed E-state index contributed by atoms with van der Waals surface area (Å²) in [6.07, 6.45) is -2.11. The molecule has 0 aliphatic carbocycles. The smallest absolute Gasteiger partial charge is 0.189 e. The lowest BCUT2D eigenvalue weighted by molar-refractivity contribution is -0.894. The number of nitrogens with zero attached hydrogens (tertiary/aromatic N) is 3. The Morgan fingerprint density at radius 3 is 1.57 bits per heavy atom. The van der Waals surface area contributed by atoms with Crippen LogP contribution in [0.4, 0.5) is 0 Å². The van der Waals surface area contributed by atoms with Crippen LogP contribution in [0.25, 0.3) is 0 Å². The van der Waals surface area contributed by atoms with Crippen molar-refractivity contribution < 1.29 is 27.1 Å². The molecule has 0 heterocycles. The highest BCUT2D eigenvalue weighted by Gasteiger charge is 2.23. The van der Waals surface area contributed by atoms with E-state index >= 15 is 0 Å². The first kappa shape index (κ1) is 15.6. The van der Waals surface area contributed by atoms with E-state index in [9.17, 15) is 0 Å². The third-order valence-electron chi connectivity index (χ3n) is 1.63. The Balaban J connectivity index is 0. The van der Waals surface area contributed by atoms with Crippen molar-refractivity contribution in [3.63, 3.8) is 0 Å². The Kier molecular flexibility index (Phi) is 7.34. The van der Waals surface area contributed by atoms with Gasteiger partial charge < -0.3 is 27.1 Å². The van der Waals surface area contributed by atoms with Crippen LogP contribution in [0.1, 0.15) is 0 Å². The summed E-state index contributed by atoms with van der Waals surface area (Å²) in [6.45, 7) is 0.407. The van der Waals surface area contributed by atoms with Gasteiger partial charge in [0.15, 0.2) is 12.2 Å². The minimum atomic E-state index is -1.05. The van der Waals surface area contributed by atoms with Crippen molar-refractivity contribution in [3.8, 4) is 12.1 Å². The Hall–Kier alpha value is -0.850. The van der Waals surface area contributed by atoms with Crippen LogP contribution in [0.15, 0.2) is 0 Å². The SMILES string of the molecule is C[N+](C)(CC(O)C#N)CC(O)C#N.[Cl-]. The van der Waals surface area contributed by atoms with E-state index in [1.807, 2.05) is 0 Å². The molecular formula is C8H14ClN3O2. The molecule has 0 aliphatic rings. The number of hydrogen-bond donors (Lipinski definition) is 2. The van der Waals surface area contributed by atoms with E-state index in [2.05, 4.69) is 0 Å². The van der Waals surface area contributed by atoms with E-state index in [1.54, 1.807) is 26.2 Å². The van der Waals surface area contributed by atoms with Crippen molar-refractivity contribution in [2.75, 3.05) is 27.2 Å². The van der Waals surface area contributed by atoms with E-state index < -0.39 is 12.2 Å². The molecule has 0 spiro atoms. The molecule has 5 nitrogen and oxygen atoms in total. The van der Waals surface area contributed by atoms with Crippen molar-refractivity contribution in [2.24, 2.45) is 0 Å². The van der Waals surface area contributed by atoms with Gasteiger partial charge in [-0.05, 0) is 0 Å². The monoisotopic (exact) mass is 219 g/mol. The van der Waals surface area contributed by atoms with Crippen molar-refractivity contribution in [1.82, 2.24) is 0 Å². The van der Waals surface area contributed by atoms with Crippen molar-refractivity contribution in [1.29, 1.82) is 10.5 Å². The lowest BCUT2D eigenvalue weighted by Gasteiger charge is -2.30. The summed E-state index contributed by atoms with van der Waals surface area (Å²) in [5, 5.41) is 34.8. The van der Waals surface area contributed by atoms with Crippen LogP contribution in [0.2, 0.25) is 0 Å². The van der Waals surface area contributed by atoms with Gasteiger partial charge in [0.1, 0.15) is 25.2 Å². The normalized spacial score (nSPS) is 14.4. The quantitative estimate of drug-likeness (QED) is 0.371. The summed E-state index contributed by atoms with van der Waals surface area (Å²) in [5.41, 5.74) is 0. The van der Waals surface area contributed by atoms with E-state index in [0.717, 1.165) is 0 Å². The molecule has 0 amide bonds. The lowest BCUT2D eigenvalue weighted by Crippen LogP contribution is -3.00. The number of aliphatic hydroxyl groups is 2. The van der Waals surface area contributed by atoms with Crippen LogP contribution in [0, 0.1) is 22.7 Å². The molecule has 0 aromatic heterocycles. The average Bonchev–Trinajstić information content (AvgIpc) is 2.02. The van der Waals surface area contributed by atoms with Crippen molar-refractivity contribution >= 4 is 0 Å². The van der Waals surface area contributed by atoms with Gasteiger partial charge in [-0.3, -0.25) is 0 Å². The Bertz CT molecular complexity index is 220. The van der Waals surface area contributed by atoms with Gasteiger partial charge in [-0.1, -0.05) is 0 Å². The summed E-state index contributed by atoms with van der Waals surface area (Å²) >= 11 is 0. The van der Waals surface area contributed by atoms with E-state index in [0.29, 0.717) is 0 Å². The van der Waals surface area contributed by atoms with Crippen LogP contribution < -0.4 is 12.4 Å². The Morgan fingerprint density at radius 2 is 1.36 bits per heavy atom. The van der Waals surface area contributed by atoms with Crippen LogP contribution in [-0.2, 0) is 0 Å². The van der Waals surface area contributed by atoms with Crippen molar-refractivity contribution in [2.45, 2.75) is 12.2 Å². The van der Waals surface area contributed by atoms with Gasteiger partial charge in [0.05, 0.1) is 14.1 Å². The second-order valence-electron chi connectivity index (χ2n) is 3.59. The fraction of sp³-hybridized carbons (Fsp3) is 0.750. The molecule has 80 valence electrons. The molecule has 2 unspecified atom stereocenters. The standard InChI is InChI=1S/C8H14N3O2.ClH/c1-11(2,5-7(12)3-9)6-8(13)4-10;/h7-8,12-13H,5-6H2,1-2H3;1H/q+1;/p-1. The second-order valence-corrected chi connectivity index (χ2v) is 3.59. The molecule has 0 bridgehead atoms. The first-order valence-electron chi connectivity index (χ1n) is 3.88. The largest absolute Gasteiger partial charge is 1.00 e. The molecule has 0 rings (SSSR count). The minimum absolute atomic E-state index is 0.